The first-order valence-corrected chi connectivity index (χ1v) is 6.72. The molecule has 0 saturated heterocycles. The van der Waals surface area contributed by atoms with Gasteiger partial charge in [0.1, 0.15) is 12.1 Å². The topological polar surface area (TPSA) is 83.9 Å². The Hall–Kier alpha value is -2.48. The molecule has 0 atom stereocenters. The van der Waals surface area contributed by atoms with Gasteiger partial charge in [0.05, 0.1) is 5.52 Å². The summed E-state index contributed by atoms with van der Waals surface area (Å²) in [5, 5.41) is 11.1. The molecule has 0 bridgehead atoms. The van der Waals surface area contributed by atoms with Crippen LogP contribution in [-0.2, 0) is 11.3 Å². The van der Waals surface area contributed by atoms with Gasteiger partial charge in [-0.05, 0) is 31.3 Å². The number of carbonyl (C=O) groups excluding carboxylic acids is 1. The molecule has 2 aromatic rings. The standard InChI is InChI=1S/C13H16N6OS/c1-9(2)7-14-13(21)17-16-12(20)8-19-11-6-4-3-5-10(11)15-18-19/h3-6H,1,7-8H2,2H3,(H,16,20)(H2,14,17,21). The Kier molecular flexibility index (Phi) is 4.83. The quantitative estimate of drug-likeness (QED) is 0.433. The van der Waals surface area contributed by atoms with Crippen molar-refractivity contribution in [3.63, 3.8) is 0 Å². The molecule has 0 saturated carbocycles. The molecule has 0 spiro atoms. The van der Waals surface area contributed by atoms with Crippen LogP contribution in [0.3, 0.4) is 0 Å². The fourth-order valence-electron chi connectivity index (χ4n) is 1.61. The molecule has 0 aliphatic rings. The maximum atomic E-state index is 11.8. The third-order valence-corrected chi connectivity index (χ3v) is 2.83. The monoisotopic (exact) mass is 304 g/mol. The lowest BCUT2D eigenvalue weighted by Crippen LogP contribution is -2.48. The van der Waals surface area contributed by atoms with E-state index in [1.807, 2.05) is 31.2 Å². The number of aromatic nitrogens is 3. The maximum absolute atomic E-state index is 11.8. The molecule has 2 rings (SSSR count). The Balaban J connectivity index is 1.85. The van der Waals surface area contributed by atoms with Crippen LogP contribution in [0.25, 0.3) is 11.0 Å². The molecule has 1 heterocycles. The predicted molar refractivity (Wildman–Crippen MR) is 84.2 cm³/mol. The van der Waals surface area contributed by atoms with E-state index in [1.54, 1.807) is 0 Å². The number of hydrogen-bond donors (Lipinski definition) is 3. The van der Waals surface area contributed by atoms with Gasteiger partial charge in [-0.25, -0.2) is 4.68 Å². The van der Waals surface area contributed by atoms with Gasteiger partial charge in [-0.1, -0.05) is 29.5 Å². The summed E-state index contributed by atoms with van der Waals surface area (Å²) in [4.78, 5) is 11.8. The fraction of sp³-hybridized carbons (Fsp3) is 0.231. The molecule has 0 radical (unpaired) electrons. The van der Waals surface area contributed by atoms with Crippen molar-refractivity contribution in [3.8, 4) is 0 Å². The number of hydrazine groups is 1. The number of fused-ring (bicyclic) bond motifs is 1. The third-order valence-electron chi connectivity index (χ3n) is 2.58. The van der Waals surface area contributed by atoms with Gasteiger partial charge < -0.3 is 5.32 Å². The average Bonchev–Trinajstić information content (AvgIpc) is 2.86. The van der Waals surface area contributed by atoms with Gasteiger partial charge in [-0.2, -0.15) is 0 Å². The van der Waals surface area contributed by atoms with Gasteiger partial charge in [0.2, 0.25) is 0 Å². The molecule has 110 valence electrons. The highest BCUT2D eigenvalue weighted by Crippen LogP contribution is 2.08. The van der Waals surface area contributed by atoms with Crippen molar-refractivity contribution in [2.45, 2.75) is 13.5 Å². The molecule has 0 fully saturated rings. The first-order valence-electron chi connectivity index (χ1n) is 6.31. The highest BCUT2D eigenvalue weighted by atomic mass is 32.1. The SMILES string of the molecule is C=C(C)CNC(=S)NNC(=O)Cn1nnc2ccccc21. The van der Waals surface area contributed by atoms with Crippen LogP contribution >= 0.6 is 12.2 Å². The molecule has 0 aliphatic heterocycles. The number of rotatable bonds is 4. The summed E-state index contributed by atoms with van der Waals surface area (Å²) in [6.07, 6.45) is 0. The summed E-state index contributed by atoms with van der Waals surface area (Å²) < 4.78 is 1.52. The van der Waals surface area contributed by atoms with Crippen molar-refractivity contribution in [1.82, 2.24) is 31.2 Å². The second-order valence-corrected chi connectivity index (χ2v) is 4.96. The summed E-state index contributed by atoms with van der Waals surface area (Å²) in [6, 6.07) is 7.43. The highest BCUT2D eigenvalue weighted by Gasteiger charge is 2.08. The second kappa shape index (κ2) is 6.80. The molecular formula is C13H16N6OS. The van der Waals surface area contributed by atoms with Crippen LogP contribution in [0.15, 0.2) is 36.4 Å². The molecule has 0 aliphatic carbocycles. The van der Waals surface area contributed by atoms with Crippen molar-refractivity contribution in [2.24, 2.45) is 0 Å². The Labute approximate surface area is 127 Å². The lowest BCUT2D eigenvalue weighted by atomic mass is 10.3. The maximum Gasteiger partial charge on any atom is 0.260 e. The lowest BCUT2D eigenvalue weighted by molar-refractivity contribution is -0.122. The Morgan fingerprint density at radius 1 is 1.38 bits per heavy atom. The van der Waals surface area contributed by atoms with Crippen LogP contribution in [-0.4, -0.2) is 32.6 Å². The number of benzene rings is 1. The van der Waals surface area contributed by atoms with E-state index < -0.39 is 0 Å². The number of nitrogens with zero attached hydrogens (tertiary/aromatic N) is 3. The minimum Gasteiger partial charge on any atom is -0.358 e. The van der Waals surface area contributed by atoms with Gasteiger partial charge in [0, 0.05) is 6.54 Å². The van der Waals surface area contributed by atoms with Crippen molar-refractivity contribution in [1.29, 1.82) is 0 Å². The average molecular weight is 304 g/mol. The molecule has 8 heteroatoms. The number of para-hydroxylation sites is 1. The van der Waals surface area contributed by atoms with E-state index >= 15 is 0 Å². The van der Waals surface area contributed by atoms with Crippen LogP contribution in [0.2, 0.25) is 0 Å². The number of thiocarbonyl (C=S) groups is 1. The first kappa shape index (κ1) is 14.9. The van der Waals surface area contributed by atoms with E-state index in [0.717, 1.165) is 16.6 Å². The third kappa shape index (κ3) is 4.25. The summed E-state index contributed by atoms with van der Waals surface area (Å²) in [6.45, 7) is 6.23. The van der Waals surface area contributed by atoms with Gasteiger partial charge in [0.25, 0.3) is 5.91 Å². The summed E-state index contributed by atoms with van der Waals surface area (Å²) in [5.41, 5.74) is 7.61. The molecule has 3 N–H and O–H groups in total. The fourth-order valence-corrected chi connectivity index (χ4v) is 1.73. The van der Waals surface area contributed by atoms with Gasteiger partial charge in [0.15, 0.2) is 5.11 Å². The van der Waals surface area contributed by atoms with Crippen molar-refractivity contribution in [2.75, 3.05) is 6.54 Å². The number of amides is 1. The zero-order valence-electron chi connectivity index (χ0n) is 11.6. The first-order chi connectivity index (χ1) is 10.1. The van der Waals surface area contributed by atoms with Gasteiger partial charge in [-0.3, -0.25) is 15.6 Å². The molecular weight excluding hydrogens is 288 g/mol. The smallest absolute Gasteiger partial charge is 0.260 e. The molecule has 1 aromatic carbocycles. The van der Waals surface area contributed by atoms with E-state index in [-0.39, 0.29) is 12.5 Å². The van der Waals surface area contributed by atoms with E-state index in [4.69, 9.17) is 12.2 Å². The van der Waals surface area contributed by atoms with Gasteiger partial charge in [-0.15, -0.1) is 5.10 Å². The van der Waals surface area contributed by atoms with Crippen LogP contribution < -0.4 is 16.2 Å². The van der Waals surface area contributed by atoms with Crippen molar-refractivity contribution in [3.05, 3.63) is 36.4 Å². The normalized spacial score (nSPS) is 10.1. The number of carbonyl (C=O) groups is 1. The Morgan fingerprint density at radius 3 is 2.90 bits per heavy atom. The largest absolute Gasteiger partial charge is 0.358 e. The zero-order valence-corrected chi connectivity index (χ0v) is 12.4. The van der Waals surface area contributed by atoms with Crippen molar-refractivity contribution < 1.29 is 4.79 Å². The summed E-state index contributed by atoms with van der Waals surface area (Å²) >= 11 is 5.00. The second-order valence-electron chi connectivity index (χ2n) is 4.55. The Morgan fingerprint density at radius 2 is 2.14 bits per heavy atom. The molecule has 1 amide bonds. The predicted octanol–water partition coefficient (Wildman–Crippen LogP) is 0.503. The molecule has 1 aromatic heterocycles. The molecule has 7 nitrogen and oxygen atoms in total. The van der Waals surface area contributed by atoms with E-state index in [9.17, 15) is 4.79 Å². The highest BCUT2D eigenvalue weighted by molar-refractivity contribution is 7.80. The van der Waals surface area contributed by atoms with Gasteiger partial charge >= 0.3 is 0 Å². The number of hydrogen-bond acceptors (Lipinski definition) is 4. The Bertz CT molecular complexity index is 680. The molecule has 21 heavy (non-hydrogen) atoms. The summed E-state index contributed by atoms with van der Waals surface area (Å²) in [5.74, 6) is -0.273. The van der Waals surface area contributed by atoms with E-state index in [0.29, 0.717) is 11.7 Å². The van der Waals surface area contributed by atoms with Crippen LogP contribution in [0, 0.1) is 0 Å². The van der Waals surface area contributed by atoms with Crippen LogP contribution in [0.4, 0.5) is 0 Å². The molecule has 0 unspecified atom stereocenters. The lowest BCUT2D eigenvalue weighted by Gasteiger charge is -2.11. The summed E-state index contributed by atoms with van der Waals surface area (Å²) in [7, 11) is 0. The minimum atomic E-state index is -0.273. The number of nitrogens with one attached hydrogen (secondary N) is 3. The van der Waals surface area contributed by atoms with Crippen LogP contribution in [0.1, 0.15) is 6.92 Å². The van der Waals surface area contributed by atoms with E-state index in [1.165, 1.54) is 4.68 Å². The van der Waals surface area contributed by atoms with Crippen molar-refractivity contribution >= 4 is 34.3 Å². The zero-order chi connectivity index (χ0) is 15.2. The van der Waals surface area contributed by atoms with E-state index in [2.05, 4.69) is 33.1 Å². The minimum absolute atomic E-state index is 0.0522. The van der Waals surface area contributed by atoms with Crippen LogP contribution in [0.5, 0.6) is 0 Å².